The minimum absolute atomic E-state index is 0.0393. The van der Waals surface area contributed by atoms with E-state index in [1.807, 2.05) is 18.3 Å². The summed E-state index contributed by atoms with van der Waals surface area (Å²) in [6.45, 7) is 11.2. The van der Waals surface area contributed by atoms with Gasteiger partial charge in [0.05, 0.1) is 11.0 Å². The van der Waals surface area contributed by atoms with Crippen molar-refractivity contribution in [3.8, 4) is 11.6 Å². The molecule has 0 bridgehead atoms. The molecule has 0 amide bonds. The van der Waals surface area contributed by atoms with Gasteiger partial charge in [-0.25, -0.2) is 4.98 Å². The van der Waals surface area contributed by atoms with Crippen LogP contribution in [0.3, 0.4) is 0 Å². The highest BCUT2D eigenvalue weighted by molar-refractivity contribution is 6.11. The number of aryl methyl sites for hydroxylation is 2. The van der Waals surface area contributed by atoms with E-state index in [-0.39, 0.29) is 11.2 Å². The maximum Gasteiger partial charge on any atom is 0.137 e. The summed E-state index contributed by atoms with van der Waals surface area (Å²) in [5, 5.41) is 12.9. The van der Waals surface area contributed by atoms with E-state index in [2.05, 4.69) is 69.5 Å². The zero-order valence-corrected chi connectivity index (χ0v) is 20.9. The smallest absolute Gasteiger partial charge is 0.137 e. The molecule has 2 aromatic heterocycles. The molecule has 0 unspecified atom stereocenters. The van der Waals surface area contributed by atoms with Crippen LogP contribution in [0.4, 0.5) is 0 Å². The molecule has 2 heterocycles. The van der Waals surface area contributed by atoms with Gasteiger partial charge in [-0.2, -0.15) is 0 Å². The fraction of sp³-hybridized carbons (Fsp3) is 0.433. The third kappa shape index (κ3) is 4.64. The van der Waals surface area contributed by atoms with Gasteiger partial charge in [-0.3, -0.25) is 4.57 Å². The summed E-state index contributed by atoms with van der Waals surface area (Å²) in [5.41, 5.74) is 6.43. The van der Waals surface area contributed by atoms with Crippen molar-refractivity contribution in [1.29, 1.82) is 0 Å². The minimum atomic E-state index is 0.0393. The SMILES string of the molecule is CCCCCCc1ccc2c(c1CCC)c1ccc(O)cc1n2-c1cc(C(C)(C)C)ccn1. The quantitative estimate of drug-likeness (QED) is 0.279. The Morgan fingerprint density at radius 2 is 1.67 bits per heavy atom. The number of hydrogen-bond donors (Lipinski definition) is 1. The van der Waals surface area contributed by atoms with Crippen molar-refractivity contribution < 1.29 is 5.11 Å². The Morgan fingerprint density at radius 3 is 2.39 bits per heavy atom. The van der Waals surface area contributed by atoms with Crippen LogP contribution < -0.4 is 0 Å². The lowest BCUT2D eigenvalue weighted by Crippen LogP contribution is -2.12. The van der Waals surface area contributed by atoms with Gasteiger partial charge in [0.15, 0.2) is 0 Å². The largest absolute Gasteiger partial charge is 0.508 e. The molecule has 0 spiro atoms. The van der Waals surface area contributed by atoms with Crippen molar-refractivity contribution in [3.63, 3.8) is 0 Å². The first-order valence-corrected chi connectivity index (χ1v) is 12.6. The number of phenolic OH excluding ortho intramolecular Hbond substituents is 1. The van der Waals surface area contributed by atoms with Crippen molar-refractivity contribution >= 4 is 21.8 Å². The Kier molecular flexibility index (Phi) is 6.78. The van der Waals surface area contributed by atoms with Gasteiger partial charge in [-0.1, -0.05) is 66.4 Å². The summed E-state index contributed by atoms with van der Waals surface area (Å²) in [4.78, 5) is 4.77. The maximum atomic E-state index is 10.4. The van der Waals surface area contributed by atoms with Crippen LogP contribution in [0.15, 0.2) is 48.7 Å². The number of benzene rings is 2. The van der Waals surface area contributed by atoms with E-state index >= 15 is 0 Å². The highest BCUT2D eigenvalue weighted by Gasteiger charge is 2.20. The van der Waals surface area contributed by atoms with Gasteiger partial charge < -0.3 is 5.11 Å². The number of nitrogens with zero attached hydrogens (tertiary/aromatic N) is 2. The van der Waals surface area contributed by atoms with E-state index < -0.39 is 0 Å². The summed E-state index contributed by atoms with van der Waals surface area (Å²) in [5.74, 6) is 1.20. The van der Waals surface area contributed by atoms with Crippen LogP contribution >= 0.6 is 0 Å². The van der Waals surface area contributed by atoms with E-state index in [4.69, 9.17) is 4.98 Å². The fourth-order valence-electron chi connectivity index (χ4n) is 4.98. The van der Waals surface area contributed by atoms with Crippen LogP contribution in [0.5, 0.6) is 5.75 Å². The Labute approximate surface area is 198 Å². The predicted octanol–water partition coefficient (Wildman–Crippen LogP) is 8.26. The topological polar surface area (TPSA) is 38.0 Å². The van der Waals surface area contributed by atoms with E-state index in [0.717, 1.165) is 30.6 Å². The number of phenols is 1. The zero-order chi connectivity index (χ0) is 23.6. The molecule has 4 rings (SSSR count). The second-order valence-electron chi connectivity index (χ2n) is 10.3. The maximum absolute atomic E-state index is 10.4. The van der Waals surface area contributed by atoms with Gasteiger partial charge in [0.2, 0.25) is 0 Å². The summed E-state index contributed by atoms with van der Waals surface area (Å²) < 4.78 is 2.24. The molecule has 1 N–H and O–H groups in total. The lowest BCUT2D eigenvalue weighted by Gasteiger charge is -2.20. The summed E-state index contributed by atoms with van der Waals surface area (Å²) in [6.07, 6.45) is 10.3. The van der Waals surface area contributed by atoms with Crippen molar-refractivity contribution in [2.45, 2.75) is 85.0 Å². The van der Waals surface area contributed by atoms with Gasteiger partial charge in [0.1, 0.15) is 11.6 Å². The number of rotatable bonds is 8. The lowest BCUT2D eigenvalue weighted by atomic mass is 9.88. The molecular weight excluding hydrogens is 404 g/mol. The number of aromatic nitrogens is 2. The van der Waals surface area contributed by atoms with Crippen molar-refractivity contribution in [1.82, 2.24) is 9.55 Å². The van der Waals surface area contributed by atoms with Crippen LogP contribution in [-0.4, -0.2) is 14.7 Å². The number of fused-ring (bicyclic) bond motifs is 3. The van der Waals surface area contributed by atoms with Crippen LogP contribution in [0, 0.1) is 0 Å². The monoisotopic (exact) mass is 442 g/mol. The highest BCUT2D eigenvalue weighted by atomic mass is 16.3. The first kappa shape index (κ1) is 23.4. The third-order valence-corrected chi connectivity index (χ3v) is 6.76. The van der Waals surface area contributed by atoms with Gasteiger partial charge in [0, 0.05) is 23.0 Å². The van der Waals surface area contributed by atoms with Crippen LogP contribution in [0.1, 0.15) is 83.4 Å². The third-order valence-electron chi connectivity index (χ3n) is 6.76. The molecular formula is C30H38N2O. The van der Waals surface area contributed by atoms with E-state index in [9.17, 15) is 5.11 Å². The van der Waals surface area contributed by atoms with Gasteiger partial charge >= 0.3 is 0 Å². The Bertz CT molecular complexity index is 1260. The van der Waals surface area contributed by atoms with E-state index in [1.165, 1.54) is 58.7 Å². The van der Waals surface area contributed by atoms with E-state index in [0.29, 0.717) is 0 Å². The Balaban J connectivity index is 1.97. The molecule has 0 saturated carbocycles. The molecule has 2 aromatic carbocycles. The molecule has 3 heteroatoms. The number of unbranched alkanes of at least 4 members (excludes halogenated alkanes) is 3. The lowest BCUT2D eigenvalue weighted by molar-refractivity contribution is 0.476. The molecule has 3 nitrogen and oxygen atoms in total. The summed E-state index contributed by atoms with van der Waals surface area (Å²) in [7, 11) is 0. The Morgan fingerprint density at radius 1 is 0.848 bits per heavy atom. The highest BCUT2D eigenvalue weighted by Crippen LogP contribution is 2.38. The average Bonchev–Trinajstić information content (AvgIpc) is 3.11. The summed E-state index contributed by atoms with van der Waals surface area (Å²) in [6, 6.07) is 14.7. The minimum Gasteiger partial charge on any atom is -0.508 e. The van der Waals surface area contributed by atoms with Crippen LogP contribution in [0.25, 0.3) is 27.6 Å². The van der Waals surface area contributed by atoms with Crippen molar-refractivity contribution in [2.24, 2.45) is 0 Å². The van der Waals surface area contributed by atoms with E-state index in [1.54, 1.807) is 0 Å². The van der Waals surface area contributed by atoms with Gasteiger partial charge in [0.25, 0.3) is 0 Å². The molecule has 0 radical (unpaired) electrons. The van der Waals surface area contributed by atoms with Crippen LogP contribution in [0.2, 0.25) is 0 Å². The van der Waals surface area contributed by atoms with Crippen molar-refractivity contribution in [2.75, 3.05) is 0 Å². The van der Waals surface area contributed by atoms with Gasteiger partial charge in [-0.05, 0) is 71.7 Å². The fourth-order valence-corrected chi connectivity index (χ4v) is 4.98. The number of aromatic hydroxyl groups is 1. The molecule has 0 fully saturated rings. The molecule has 0 aliphatic carbocycles. The number of hydrogen-bond acceptors (Lipinski definition) is 2. The molecule has 33 heavy (non-hydrogen) atoms. The molecule has 0 aliphatic rings. The molecule has 4 aromatic rings. The standard InChI is InChI=1S/C30H38N2O/c1-6-8-9-10-12-21-13-16-26-29(24(21)11-7-2)25-15-14-23(33)20-27(25)32(26)28-19-22(17-18-31-28)30(3,4)5/h13-20,33H,6-12H2,1-5H3. The molecule has 0 atom stereocenters. The van der Waals surface area contributed by atoms with Gasteiger partial charge in [-0.15, -0.1) is 0 Å². The molecule has 0 aliphatic heterocycles. The summed E-state index contributed by atoms with van der Waals surface area (Å²) >= 11 is 0. The predicted molar refractivity (Wildman–Crippen MR) is 141 cm³/mol. The zero-order valence-electron chi connectivity index (χ0n) is 20.9. The molecule has 174 valence electrons. The molecule has 0 saturated heterocycles. The average molecular weight is 443 g/mol. The first-order chi connectivity index (χ1) is 15.8. The second-order valence-corrected chi connectivity index (χ2v) is 10.3. The van der Waals surface area contributed by atoms with Crippen molar-refractivity contribution in [3.05, 3.63) is 65.4 Å². The normalized spacial score (nSPS) is 12.2. The van der Waals surface area contributed by atoms with Crippen LogP contribution in [-0.2, 0) is 18.3 Å². The second kappa shape index (κ2) is 9.59. The first-order valence-electron chi connectivity index (χ1n) is 12.6. The Hall–Kier alpha value is -2.81. The number of pyridine rings is 1.